The van der Waals surface area contributed by atoms with Gasteiger partial charge in [-0.3, -0.25) is 9.59 Å². The number of aliphatic hydroxyl groups excluding tert-OH is 1. The van der Waals surface area contributed by atoms with Crippen molar-refractivity contribution in [3.05, 3.63) is 82.4 Å². The summed E-state index contributed by atoms with van der Waals surface area (Å²) < 4.78 is 6.38. The summed E-state index contributed by atoms with van der Waals surface area (Å²) in [6.07, 6.45) is 1.64. The standard InChI is InChI=1S/C26H29BrN2O4/c1-4-17-33-21-13-9-19(10-14-21)24(30)22-23(18-7-11-20(27)12-8-18)29(26(32)25(22)31)16-15-28(5-2)6-3/h4,7-14,23,30H,1,5-6,15-17H2,2-3H3. The fraction of sp³-hybridized carbons (Fsp3) is 0.308. The number of hydrogen-bond donors (Lipinski definition) is 1. The number of nitrogens with zero attached hydrogens (tertiary/aromatic N) is 2. The van der Waals surface area contributed by atoms with E-state index in [9.17, 15) is 14.7 Å². The minimum Gasteiger partial charge on any atom is -0.507 e. The number of ketones is 1. The number of ether oxygens (including phenoxy) is 1. The Hall–Kier alpha value is -2.90. The number of likely N-dealkylation sites (tertiary alicyclic amines) is 1. The predicted octanol–water partition coefficient (Wildman–Crippen LogP) is 4.78. The number of halogens is 1. The molecule has 2 aromatic carbocycles. The molecule has 0 radical (unpaired) electrons. The molecule has 7 heteroatoms. The smallest absolute Gasteiger partial charge is 0.295 e. The summed E-state index contributed by atoms with van der Waals surface area (Å²) >= 11 is 3.43. The zero-order chi connectivity index (χ0) is 24.0. The molecule has 0 aromatic heterocycles. The fourth-order valence-corrected chi connectivity index (χ4v) is 4.18. The van der Waals surface area contributed by atoms with E-state index in [0.29, 0.717) is 31.0 Å². The topological polar surface area (TPSA) is 70.1 Å². The molecular formula is C26H29BrN2O4. The van der Waals surface area contributed by atoms with Crippen LogP contribution in [-0.2, 0) is 9.59 Å². The monoisotopic (exact) mass is 512 g/mol. The van der Waals surface area contributed by atoms with Gasteiger partial charge in [0.1, 0.15) is 18.1 Å². The number of amides is 1. The van der Waals surface area contributed by atoms with E-state index in [1.54, 1.807) is 35.2 Å². The average Bonchev–Trinajstić information content (AvgIpc) is 3.08. The third-order valence-corrected chi connectivity index (χ3v) is 6.30. The summed E-state index contributed by atoms with van der Waals surface area (Å²) in [7, 11) is 0. The normalized spacial score (nSPS) is 17.6. The maximum atomic E-state index is 13.1. The van der Waals surface area contributed by atoms with Gasteiger partial charge in [0.05, 0.1) is 11.6 Å². The number of Topliss-reactive ketones (excluding diaryl/α,β-unsaturated/α-hetero) is 1. The van der Waals surface area contributed by atoms with Gasteiger partial charge in [-0.05, 0) is 55.1 Å². The molecule has 1 heterocycles. The zero-order valence-corrected chi connectivity index (χ0v) is 20.5. The Kier molecular flexibility index (Phi) is 8.47. The molecule has 0 saturated carbocycles. The number of benzene rings is 2. The lowest BCUT2D eigenvalue weighted by molar-refractivity contribution is -0.140. The summed E-state index contributed by atoms with van der Waals surface area (Å²) in [5.74, 6) is -0.841. The van der Waals surface area contributed by atoms with Crippen LogP contribution < -0.4 is 4.74 Å². The predicted molar refractivity (Wildman–Crippen MR) is 133 cm³/mol. The van der Waals surface area contributed by atoms with Crippen LogP contribution in [-0.4, -0.2) is 59.4 Å². The summed E-state index contributed by atoms with van der Waals surface area (Å²) in [6, 6.07) is 13.6. The molecule has 0 spiro atoms. The highest BCUT2D eigenvalue weighted by Crippen LogP contribution is 2.39. The van der Waals surface area contributed by atoms with E-state index in [-0.39, 0.29) is 11.3 Å². The molecule has 1 unspecified atom stereocenters. The van der Waals surface area contributed by atoms with Crippen LogP contribution in [0.2, 0.25) is 0 Å². The van der Waals surface area contributed by atoms with Crippen molar-refractivity contribution in [3.8, 4) is 5.75 Å². The maximum absolute atomic E-state index is 13.1. The third kappa shape index (κ3) is 5.54. The second kappa shape index (κ2) is 11.3. The molecule has 33 heavy (non-hydrogen) atoms. The number of hydrogen-bond acceptors (Lipinski definition) is 5. The molecule has 1 fully saturated rings. The Morgan fingerprint density at radius 2 is 1.76 bits per heavy atom. The van der Waals surface area contributed by atoms with E-state index in [1.807, 2.05) is 24.3 Å². The van der Waals surface area contributed by atoms with Crippen LogP contribution in [0.4, 0.5) is 0 Å². The van der Waals surface area contributed by atoms with Crippen molar-refractivity contribution in [1.29, 1.82) is 0 Å². The Morgan fingerprint density at radius 1 is 1.12 bits per heavy atom. The van der Waals surface area contributed by atoms with Crippen molar-refractivity contribution in [1.82, 2.24) is 9.80 Å². The van der Waals surface area contributed by atoms with Crippen molar-refractivity contribution < 1.29 is 19.4 Å². The van der Waals surface area contributed by atoms with Crippen LogP contribution >= 0.6 is 15.9 Å². The highest BCUT2D eigenvalue weighted by Gasteiger charge is 2.45. The molecule has 3 rings (SSSR count). The largest absolute Gasteiger partial charge is 0.507 e. The quantitative estimate of drug-likeness (QED) is 0.214. The zero-order valence-electron chi connectivity index (χ0n) is 19.0. The Morgan fingerprint density at radius 3 is 2.33 bits per heavy atom. The summed E-state index contributed by atoms with van der Waals surface area (Å²) in [5.41, 5.74) is 1.32. The van der Waals surface area contributed by atoms with Crippen LogP contribution in [0.15, 0.2) is 71.2 Å². The van der Waals surface area contributed by atoms with Crippen LogP contribution in [0, 0.1) is 0 Å². The maximum Gasteiger partial charge on any atom is 0.295 e. The molecule has 2 aromatic rings. The molecular weight excluding hydrogens is 484 g/mol. The average molecular weight is 513 g/mol. The SMILES string of the molecule is C=CCOc1ccc(C(O)=C2C(=O)C(=O)N(CCN(CC)CC)C2c2ccc(Br)cc2)cc1. The molecule has 6 nitrogen and oxygen atoms in total. The van der Waals surface area contributed by atoms with E-state index in [2.05, 4.69) is 41.3 Å². The molecule has 1 aliphatic rings. The van der Waals surface area contributed by atoms with Gasteiger partial charge in [0.15, 0.2) is 0 Å². The minimum absolute atomic E-state index is 0.0987. The lowest BCUT2D eigenvalue weighted by Gasteiger charge is -2.28. The fourth-order valence-electron chi connectivity index (χ4n) is 3.91. The van der Waals surface area contributed by atoms with E-state index in [1.165, 1.54) is 0 Å². The summed E-state index contributed by atoms with van der Waals surface area (Å²) in [6.45, 7) is 10.8. The van der Waals surface area contributed by atoms with Gasteiger partial charge in [-0.2, -0.15) is 0 Å². The minimum atomic E-state index is -0.674. The second-order valence-electron chi connectivity index (χ2n) is 7.69. The number of carbonyl (C=O) groups excluding carboxylic acids is 2. The molecule has 1 amide bonds. The molecule has 0 aliphatic carbocycles. The summed E-state index contributed by atoms with van der Waals surface area (Å²) in [5, 5.41) is 11.2. The first-order valence-electron chi connectivity index (χ1n) is 11.0. The van der Waals surface area contributed by atoms with Crippen molar-refractivity contribution in [2.24, 2.45) is 0 Å². The van der Waals surface area contributed by atoms with Gasteiger partial charge in [-0.25, -0.2) is 0 Å². The first-order chi connectivity index (χ1) is 15.9. The molecule has 1 N–H and O–H groups in total. The van der Waals surface area contributed by atoms with Crippen LogP contribution in [0.5, 0.6) is 5.75 Å². The number of aliphatic hydroxyl groups is 1. The van der Waals surface area contributed by atoms with E-state index < -0.39 is 17.7 Å². The van der Waals surface area contributed by atoms with Crippen molar-refractivity contribution in [3.63, 3.8) is 0 Å². The van der Waals surface area contributed by atoms with Crippen molar-refractivity contribution >= 4 is 33.4 Å². The van der Waals surface area contributed by atoms with Crippen LogP contribution in [0.1, 0.15) is 31.0 Å². The first kappa shape index (κ1) is 24.7. The molecule has 1 saturated heterocycles. The van der Waals surface area contributed by atoms with E-state index in [4.69, 9.17) is 4.74 Å². The Balaban J connectivity index is 2.03. The van der Waals surface area contributed by atoms with Crippen LogP contribution in [0.3, 0.4) is 0 Å². The highest BCUT2D eigenvalue weighted by atomic mass is 79.9. The van der Waals surface area contributed by atoms with E-state index in [0.717, 1.165) is 23.1 Å². The van der Waals surface area contributed by atoms with Crippen LogP contribution in [0.25, 0.3) is 5.76 Å². The third-order valence-electron chi connectivity index (χ3n) is 5.77. The van der Waals surface area contributed by atoms with Gasteiger partial charge < -0.3 is 19.6 Å². The lowest BCUT2D eigenvalue weighted by Crippen LogP contribution is -2.38. The lowest BCUT2D eigenvalue weighted by atomic mass is 9.95. The van der Waals surface area contributed by atoms with E-state index >= 15 is 0 Å². The summed E-state index contributed by atoms with van der Waals surface area (Å²) in [4.78, 5) is 29.9. The molecule has 174 valence electrons. The number of carbonyl (C=O) groups is 2. The van der Waals surface area contributed by atoms with Crippen molar-refractivity contribution in [2.75, 3.05) is 32.8 Å². The molecule has 0 bridgehead atoms. The molecule has 1 aliphatic heterocycles. The van der Waals surface area contributed by atoms with Gasteiger partial charge in [-0.1, -0.05) is 54.6 Å². The van der Waals surface area contributed by atoms with Gasteiger partial charge in [0.2, 0.25) is 0 Å². The number of rotatable bonds is 10. The first-order valence-corrected chi connectivity index (χ1v) is 11.8. The van der Waals surface area contributed by atoms with Gasteiger partial charge in [0, 0.05) is 23.1 Å². The second-order valence-corrected chi connectivity index (χ2v) is 8.61. The highest BCUT2D eigenvalue weighted by molar-refractivity contribution is 9.10. The van der Waals surface area contributed by atoms with Gasteiger partial charge in [-0.15, -0.1) is 0 Å². The Bertz CT molecular complexity index is 1030. The number of likely N-dealkylation sites (N-methyl/N-ethyl adjacent to an activating group) is 1. The van der Waals surface area contributed by atoms with Gasteiger partial charge in [0.25, 0.3) is 11.7 Å². The van der Waals surface area contributed by atoms with Crippen molar-refractivity contribution in [2.45, 2.75) is 19.9 Å². The Labute approximate surface area is 203 Å². The van der Waals surface area contributed by atoms with Gasteiger partial charge >= 0.3 is 0 Å². The molecule has 1 atom stereocenters.